The SMILES string of the molecule is Cc1ccc(SCC(N)(C(N)=O)c2ccccc2)cc1C. The molecular weight excluding hydrogens is 280 g/mol. The Kier molecular flexibility index (Phi) is 4.70. The largest absolute Gasteiger partial charge is 0.368 e. The van der Waals surface area contributed by atoms with E-state index in [0.717, 1.165) is 10.5 Å². The van der Waals surface area contributed by atoms with Crippen LogP contribution >= 0.6 is 11.8 Å². The number of hydrogen-bond acceptors (Lipinski definition) is 3. The van der Waals surface area contributed by atoms with E-state index in [4.69, 9.17) is 11.5 Å². The predicted octanol–water partition coefficient (Wildman–Crippen LogP) is 2.74. The molecule has 1 unspecified atom stereocenters. The van der Waals surface area contributed by atoms with Crippen molar-refractivity contribution in [2.45, 2.75) is 24.3 Å². The van der Waals surface area contributed by atoms with E-state index in [-0.39, 0.29) is 0 Å². The van der Waals surface area contributed by atoms with Crippen molar-refractivity contribution in [2.24, 2.45) is 11.5 Å². The molecule has 2 aromatic rings. The summed E-state index contributed by atoms with van der Waals surface area (Å²) in [4.78, 5) is 12.9. The summed E-state index contributed by atoms with van der Waals surface area (Å²) in [5, 5.41) is 0. The summed E-state index contributed by atoms with van der Waals surface area (Å²) < 4.78 is 0. The number of amides is 1. The van der Waals surface area contributed by atoms with Crippen molar-refractivity contribution in [1.82, 2.24) is 0 Å². The van der Waals surface area contributed by atoms with Crippen LogP contribution in [0.3, 0.4) is 0 Å². The number of carbonyl (C=O) groups excluding carboxylic acids is 1. The molecule has 4 N–H and O–H groups in total. The van der Waals surface area contributed by atoms with Crippen LogP contribution in [0.15, 0.2) is 53.4 Å². The van der Waals surface area contributed by atoms with Gasteiger partial charge in [-0.1, -0.05) is 36.4 Å². The second kappa shape index (κ2) is 6.33. The Hall–Kier alpha value is -1.78. The van der Waals surface area contributed by atoms with E-state index in [9.17, 15) is 4.79 Å². The van der Waals surface area contributed by atoms with Gasteiger partial charge in [-0.05, 0) is 42.7 Å². The molecule has 0 aromatic heterocycles. The van der Waals surface area contributed by atoms with Gasteiger partial charge in [0.05, 0.1) is 0 Å². The molecule has 0 radical (unpaired) electrons. The predicted molar refractivity (Wildman–Crippen MR) is 88.1 cm³/mol. The molecule has 0 aliphatic heterocycles. The Morgan fingerprint density at radius 2 is 1.76 bits per heavy atom. The van der Waals surface area contributed by atoms with Gasteiger partial charge in [-0.25, -0.2) is 0 Å². The van der Waals surface area contributed by atoms with Gasteiger partial charge in [-0.3, -0.25) is 4.79 Å². The average Bonchev–Trinajstić information content (AvgIpc) is 2.49. The van der Waals surface area contributed by atoms with Gasteiger partial charge in [-0.2, -0.15) is 0 Å². The third-order valence-corrected chi connectivity index (χ3v) is 4.86. The minimum Gasteiger partial charge on any atom is -0.368 e. The topological polar surface area (TPSA) is 69.1 Å². The third kappa shape index (κ3) is 3.46. The minimum absolute atomic E-state index is 0.412. The van der Waals surface area contributed by atoms with Gasteiger partial charge in [0, 0.05) is 10.6 Å². The van der Waals surface area contributed by atoms with E-state index in [1.807, 2.05) is 36.4 Å². The van der Waals surface area contributed by atoms with Crippen LogP contribution in [-0.2, 0) is 10.3 Å². The summed E-state index contributed by atoms with van der Waals surface area (Å²) in [6.07, 6.45) is 0. The molecule has 4 heteroatoms. The van der Waals surface area contributed by atoms with E-state index in [1.54, 1.807) is 11.8 Å². The summed E-state index contributed by atoms with van der Waals surface area (Å²) in [7, 11) is 0. The first-order chi connectivity index (χ1) is 9.93. The Morgan fingerprint density at radius 3 is 2.33 bits per heavy atom. The van der Waals surface area contributed by atoms with Crippen LogP contribution in [0, 0.1) is 13.8 Å². The highest BCUT2D eigenvalue weighted by Gasteiger charge is 2.34. The Balaban J connectivity index is 2.21. The maximum atomic E-state index is 11.8. The summed E-state index contributed by atoms with van der Waals surface area (Å²) >= 11 is 1.55. The Morgan fingerprint density at radius 1 is 1.10 bits per heavy atom. The minimum atomic E-state index is -1.16. The van der Waals surface area contributed by atoms with Gasteiger partial charge in [-0.15, -0.1) is 11.8 Å². The fraction of sp³-hybridized carbons (Fsp3) is 0.235. The van der Waals surface area contributed by atoms with Gasteiger partial charge in [0.2, 0.25) is 5.91 Å². The summed E-state index contributed by atoms with van der Waals surface area (Å²) in [6.45, 7) is 4.14. The smallest absolute Gasteiger partial charge is 0.243 e. The summed E-state index contributed by atoms with van der Waals surface area (Å²) in [6, 6.07) is 15.5. The molecule has 1 amide bonds. The van der Waals surface area contributed by atoms with Crippen LogP contribution in [0.2, 0.25) is 0 Å². The Labute approximate surface area is 129 Å². The quantitative estimate of drug-likeness (QED) is 0.834. The van der Waals surface area contributed by atoms with Crippen LogP contribution in [0.5, 0.6) is 0 Å². The zero-order chi connectivity index (χ0) is 15.5. The molecule has 0 heterocycles. The first-order valence-corrected chi connectivity index (χ1v) is 7.76. The van der Waals surface area contributed by atoms with Gasteiger partial charge in [0.25, 0.3) is 0 Å². The van der Waals surface area contributed by atoms with Crippen molar-refractivity contribution >= 4 is 17.7 Å². The third-order valence-electron chi connectivity index (χ3n) is 3.67. The highest BCUT2D eigenvalue weighted by Crippen LogP contribution is 2.29. The molecule has 3 nitrogen and oxygen atoms in total. The number of hydrogen-bond donors (Lipinski definition) is 2. The van der Waals surface area contributed by atoms with Gasteiger partial charge in [0.1, 0.15) is 5.54 Å². The van der Waals surface area contributed by atoms with Crippen molar-refractivity contribution in [3.8, 4) is 0 Å². The summed E-state index contributed by atoms with van der Waals surface area (Å²) in [5.74, 6) is -0.0977. The number of primary amides is 1. The van der Waals surface area contributed by atoms with Crippen molar-refractivity contribution in [2.75, 3.05) is 5.75 Å². The molecule has 0 aliphatic rings. The number of nitrogens with two attached hydrogens (primary N) is 2. The average molecular weight is 300 g/mol. The zero-order valence-electron chi connectivity index (χ0n) is 12.3. The zero-order valence-corrected chi connectivity index (χ0v) is 13.1. The number of thioether (sulfide) groups is 1. The van der Waals surface area contributed by atoms with E-state index >= 15 is 0 Å². The van der Waals surface area contributed by atoms with Crippen LogP contribution in [-0.4, -0.2) is 11.7 Å². The standard InChI is InChI=1S/C17H20N2OS/c1-12-8-9-15(10-13(12)2)21-11-17(19,16(18)20)14-6-4-3-5-7-14/h3-10H,11,19H2,1-2H3,(H2,18,20). The van der Waals surface area contributed by atoms with E-state index in [0.29, 0.717) is 5.75 Å². The van der Waals surface area contributed by atoms with Crippen molar-refractivity contribution in [3.63, 3.8) is 0 Å². The first kappa shape index (κ1) is 15.6. The van der Waals surface area contributed by atoms with E-state index in [2.05, 4.69) is 26.0 Å². The molecule has 110 valence electrons. The van der Waals surface area contributed by atoms with Crippen molar-refractivity contribution in [1.29, 1.82) is 0 Å². The van der Waals surface area contributed by atoms with Crippen LogP contribution in [0.25, 0.3) is 0 Å². The highest BCUT2D eigenvalue weighted by atomic mass is 32.2. The van der Waals surface area contributed by atoms with Crippen LogP contribution < -0.4 is 11.5 Å². The molecular formula is C17H20N2OS. The maximum absolute atomic E-state index is 11.8. The lowest BCUT2D eigenvalue weighted by atomic mass is 9.92. The number of aryl methyl sites for hydroxylation is 2. The molecule has 0 bridgehead atoms. The summed E-state index contributed by atoms with van der Waals surface area (Å²) in [5.41, 5.74) is 13.9. The molecule has 0 aliphatic carbocycles. The normalized spacial score (nSPS) is 13.7. The molecule has 0 spiro atoms. The van der Waals surface area contributed by atoms with Gasteiger partial charge >= 0.3 is 0 Å². The maximum Gasteiger partial charge on any atom is 0.243 e. The van der Waals surface area contributed by atoms with Gasteiger partial charge < -0.3 is 11.5 Å². The second-order valence-corrected chi connectivity index (χ2v) is 6.29. The number of carbonyl (C=O) groups is 1. The lowest BCUT2D eigenvalue weighted by Gasteiger charge is -2.26. The number of rotatable bonds is 5. The second-order valence-electron chi connectivity index (χ2n) is 5.24. The molecule has 2 aromatic carbocycles. The molecule has 21 heavy (non-hydrogen) atoms. The van der Waals surface area contributed by atoms with E-state index < -0.39 is 11.4 Å². The van der Waals surface area contributed by atoms with Crippen LogP contribution in [0.1, 0.15) is 16.7 Å². The fourth-order valence-corrected chi connectivity index (χ4v) is 3.16. The van der Waals surface area contributed by atoms with Crippen molar-refractivity contribution in [3.05, 3.63) is 65.2 Å². The lowest BCUT2D eigenvalue weighted by molar-refractivity contribution is -0.122. The Bertz CT molecular complexity index is 642. The van der Waals surface area contributed by atoms with E-state index in [1.165, 1.54) is 11.1 Å². The molecule has 0 saturated heterocycles. The highest BCUT2D eigenvalue weighted by molar-refractivity contribution is 7.99. The first-order valence-electron chi connectivity index (χ1n) is 6.78. The molecule has 2 rings (SSSR count). The van der Waals surface area contributed by atoms with Gasteiger partial charge in [0.15, 0.2) is 0 Å². The fourth-order valence-electron chi connectivity index (χ4n) is 2.03. The van der Waals surface area contributed by atoms with Crippen molar-refractivity contribution < 1.29 is 4.79 Å². The monoisotopic (exact) mass is 300 g/mol. The number of benzene rings is 2. The van der Waals surface area contributed by atoms with Crippen LogP contribution in [0.4, 0.5) is 0 Å². The molecule has 1 atom stereocenters. The lowest BCUT2D eigenvalue weighted by Crippen LogP contribution is -2.51. The molecule has 0 saturated carbocycles. The molecule has 0 fully saturated rings.